The summed E-state index contributed by atoms with van der Waals surface area (Å²) in [6.07, 6.45) is 3.07. The highest BCUT2D eigenvalue weighted by Gasteiger charge is 2.36. The molecule has 1 heterocycles. The highest BCUT2D eigenvalue weighted by Crippen LogP contribution is 2.26. The van der Waals surface area contributed by atoms with Crippen molar-refractivity contribution in [3.63, 3.8) is 0 Å². The van der Waals surface area contributed by atoms with Crippen LogP contribution in [-0.4, -0.2) is 46.5 Å². The fraction of sp³-hybridized carbons (Fsp3) is 0.750. The van der Waals surface area contributed by atoms with Crippen molar-refractivity contribution in [1.82, 2.24) is 10.2 Å². The van der Waals surface area contributed by atoms with Crippen molar-refractivity contribution in [2.24, 2.45) is 11.7 Å². The van der Waals surface area contributed by atoms with Crippen LogP contribution in [0.4, 0.5) is 4.79 Å². The molecule has 4 N–H and O–H groups in total. The topological polar surface area (TPSA) is 113 Å². The van der Waals surface area contributed by atoms with Crippen molar-refractivity contribution in [3.05, 3.63) is 0 Å². The maximum absolute atomic E-state index is 12.1. The first-order valence-corrected chi connectivity index (χ1v) is 6.58. The predicted molar refractivity (Wildman–Crippen MR) is 66.2 cm³/mol. The Bertz CT molecular complexity index is 398. The number of aliphatic carboxylic acids is 1. The predicted octanol–water partition coefficient (Wildman–Crippen LogP) is -0.101. The highest BCUT2D eigenvalue weighted by molar-refractivity contribution is 5.86. The molecule has 3 atom stereocenters. The molecule has 7 heteroatoms. The van der Waals surface area contributed by atoms with Gasteiger partial charge in [-0.3, -0.25) is 9.59 Å². The number of carboxylic acid groups (broad SMARTS) is 1. The van der Waals surface area contributed by atoms with Crippen molar-refractivity contribution in [1.29, 1.82) is 0 Å². The molecular weight excluding hydrogens is 250 g/mol. The summed E-state index contributed by atoms with van der Waals surface area (Å²) < 4.78 is 0. The summed E-state index contributed by atoms with van der Waals surface area (Å²) in [5.74, 6) is -1.67. The Kier molecular flexibility index (Phi) is 3.92. The molecule has 0 bridgehead atoms. The first kappa shape index (κ1) is 13.6. The monoisotopic (exact) mass is 269 g/mol. The number of nitrogens with two attached hydrogens (primary N) is 1. The minimum atomic E-state index is -0.812. The van der Waals surface area contributed by atoms with Gasteiger partial charge < -0.3 is 21.1 Å². The zero-order valence-electron chi connectivity index (χ0n) is 10.7. The normalized spacial score (nSPS) is 30.3. The number of rotatable bonds is 3. The van der Waals surface area contributed by atoms with Gasteiger partial charge in [-0.05, 0) is 32.1 Å². The van der Waals surface area contributed by atoms with Gasteiger partial charge in [-0.25, -0.2) is 4.79 Å². The van der Waals surface area contributed by atoms with Crippen molar-refractivity contribution in [3.8, 4) is 0 Å². The van der Waals surface area contributed by atoms with Crippen LogP contribution >= 0.6 is 0 Å². The lowest BCUT2D eigenvalue weighted by molar-refractivity contribution is -0.141. The quantitative estimate of drug-likeness (QED) is 0.664. The van der Waals surface area contributed by atoms with Gasteiger partial charge in [-0.15, -0.1) is 0 Å². The molecule has 2 fully saturated rings. The molecule has 1 saturated carbocycles. The molecule has 3 amide bonds. The Balaban J connectivity index is 1.88. The molecule has 2 rings (SSSR count). The molecule has 0 aromatic carbocycles. The van der Waals surface area contributed by atoms with Gasteiger partial charge in [0.15, 0.2) is 0 Å². The van der Waals surface area contributed by atoms with Crippen LogP contribution in [0.25, 0.3) is 0 Å². The first-order chi connectivity index (χ1) is 8.99. The third-order valence-corrected chi connectivity index (χ3v) is 3.95. The lowest BCUT2D eigenvalue weighted by atomic mass is 10.1. The number of nitrogens with zero attached hydrogens (tertiary/aromatic N) is 1. The second-order valence-electron chi connectivity index (χ2n) is 5.25. The lowest BCUT2D eigenvalue weighted by Crippen LogP contribution is -2.50. The van der Waals surface area contributed by atoms with Crippen LogP contribution in [0.5, 0.6) is 0 Å². The highest BCUT2D eigenvalue weighted by atomic mass is 16.4. The van der Waals surface area contributed by atoms with Crippen LogP contribution in [-0.2, 0) is 9.59 Å². The number of primary amides is 1. The second kappa shape index (κ2) is 5.46. The van der Waals surface area contributed by atoms with E-state index in [-0.39, 0.29) is 18.0 Å². The summed E-state index contributed by atoms with van der Waals surface area (Å²) in [6, 6.07) is -0.961. The van der Waals surface area contributed by atoms with E-state index in [1.807, 2.05) is 0 Å². The smallest absolute Gasteiger partial charge is 0.318 e. The van der Waals surface area contributed by atoms with Gasteiger partial charge >= 0.3 is 12.0 Å². The summed E-state index contributed by atoms with van der Waals surface area (Å²) in [6.45, 7) is 0.522. The van der Waals surface area contributed by atoms with Crippen LogP contribution in [0.3, 0.4) is 0 Å². The van der Waals surface area contributed by atoms with Gasteiger partial charge in [-0.2, -0.15) is 0 Å². The number of carbonyl (C=O) groups is 3. The van der Waals surface area contributed by atoms with Crippen molar-refractivity contribution in [2.75, 3.05) is 6.54 Å². The van der Waals surface area contributed by atoms with E-state index in [0.717, 1.165) is 6.42 Å². The fourth-order valence-electron chi connectivity index (χ4n) is 2.90. The van der Waals surface area contributed by atoms with E-state index in [0.29, 0.717) is 32.2 Å². The van der Waals surface area contributed by atoms with Crippen molar-refractivity contribution in [2.45, 2.75) is 44.2 Å². The molecule has 106 valence electrons. The summed E-state index contributed by atoms with van der Waals surface area (Å²) >= 11 is 0. The minimum Gasteiger partial charge on any atom is -0.481 e. The Hall–Kier alpha value is -1.79. The maximum atomic E-state index is 12.1. The van der Waals surface area contributed by atoms with E-state index in [2.05, 4.69) is 5.32 Å². The molecule has 0 spiro atoms. The Morgan fingerprint density at radius 1 is 1.21 bits per heavy atom. The number of likely N-dealkylation sites (tertiary alicyclic amines) is 1. The number of nitrogens with one attached hydrogen (secondary N) is 1. The Labute approximate surface area is 111 Å². The average Bonchev–Trinajstić information content (AvgIpc) is 2.96. The van der Waals surface area contributed by atoms with Crippen LogP contribution < -0.4 is 11.1 Å². The van der Waals surface area contributed by atoms with Gasteiger partial charge in [0.1, 0.15) is 6.04 Å². The van der Waals surface area contributed by atoms with Gasteiger partial charge in [0, 0.05) is 12.6 Å². The van der Waals surface area contributed by atoms with E-state index >= 15 is 0 Å². The Morgan fingerprint density at radius 2 is 1.95 bits per heavy atom. The summed E-state index contributed by atoms with van der Waals surface area (Å²) in [5.41, 5.74) is 5.26. The zero-order valence-corrected chi connectivity index (χ0v) is 10.7. The molecule has 1 saturated heterocycles. The molecule has 0 aromatic heterocycles. The van der Waals surface area contributed by atoms with Crippen molar-refractivity contribution >= 4 is 17.9 Å². The molecular formula is C12H19N3O4. The number of hydrogen-bond acceptors (Lipinski definition) is 3. The molecule has 0 radical (unpaired) electrons. The number of carboxylic acids is 1. The number of hydrogen-bond donors (Lipinski definition) is 3. The SMILES string of the molecule is NC(=O)C1CCCN1C(=O)N[C@H]1CC[C@@H](C(=O)O)C1. The third kappa shape index (κ3) is 2.97. The van der Waals surface area contributed by atoms with Gasteiger partial charge in [0.25, 0.3) is 0 Å². The largest absolute Gasteiger partial charge is 0.481 e. The van der Waals surface area contributed by atoms with Crippen LogP contribution in [0.2, 0.25) is 0 Å². The van der Waals surface area contributed by atoms with E-state index < -0.39 is 17.9 Å². The van der Waals surface area contributed by atoms with Gasteiger partial charge in [0.2, 0.25) is 5.91 Å². The summed E-state index contributed by atoms with van der Waals surface area (Å²) in [4.78, 5) is 35.6. The first-order valence-electron chi connectivity index (χ1n) is 6.58. The summed E-state index contributed by atoms with van der Waals surface area (Å²) in [7, 11) is 0. The zero-order chi connectivity index (χ0) is 14.0. The fourth-order valence-corrected chi connectivity index (χ4v) is 2.90. The molecule has 19 heavy (non-hydrogen) atoms. The average molecular weight is 269 g/mol. The third-order valence-electron chi connectivity index (χ3n) is 3.95. The molecule has 2 aliphatic rings. The lowest BCUT2D eigenvalue weighted by Gasteiger charge is -2.24. The number of urea groups is 1. The molecule has 0 aromatic rings. The second-order valence-corrected chi connectivity index (χ2v) is 5.25. The molecule has 1 aliphatic carbocycles. The molecule has 1 aliphatic heterocycles. The van der Waals surface area contributed by atoms with E-state index in [1.54, 1.807) is 0 Å². The Morgan fingerprint density at radius 3 is 2.53 bits per heavy atom. The van der Waals surface area contributed by atoms with Crippen LogP contribution in [0, 0.1) is 5.92 Å². The standard InChI is InChI=1S/C12H19N3O4/c13-10(16)9-2-1-5-15(9)12(19)14-8-4-3-7(6-8)11(17)18/h7-9H,1-6H2,(H2,13,16)(H,14,19)(H,17,18)/t7-,8+,9?/m1/s1. The van der Waals surface area contributed by atoms with Crippen LogP contribution in [0.1, 0.15) is 32.1 Å². The number of carbonyl (C=O) groups excluding carboxylic acids is 2. The van der Waals surface area contributed by atoms with Gasteiger partial charge in [0.05, 0.1) is 5.92 Å². The summed E-state index contributed by atoms with van der Waals surface area (Å²) in [5, 5.41) is 11.7. The van der Waals surface area contributed by atoms with E-state index in [4.69, 9.17) is 10.8 Å². The maximum Gasteiger partial charge on any atom is 0.318 e. The van der Waals surface area contributed by atoms with E-state index in [9.17, 15) is 14.4 Å². The molecule has 7 nitrogen and oxygen atoms in total. The van der Waals surface area contributed by atoms with E-state index in [1.165, 1.54) is 4.90 Å². The molecule has 1 unspecified atom stereocenters. The minimum absolute atomic E-state index is 0.122. The van der Waals surface area contributed by atoms with Crippen LogP contribution in [0.15, 0.2) is 0 Å². The number of amides is 3. The van der Waals surface area contributed by atoms with Crippen molar-refractivity contribution < 1.29 is 19.5 Å². The van der Waals surface area contributed by atoms with Gasteiger partial charge in [-0.1, -0.05) is 0 Å².